The number of furan rings is 1. The van der Waals surface area contributed by atoms with Gasteiger partial charge in [-0.2, -0.15) is 0 Å². The molecule has 3 aromatic rings. The van der Waals surface area contributed by atoms with Crippen LogP contribution < -0.4 is 10.9 Å². The van der Waals surface area contributed by atoms with E-state index in [-0.39, 0.29) is 23.9 Å². The molecule has 0 aliphatic rings. The fourth-order valence-electron chi connectivity index (χ4n) is 2.88. The van der Waals surface area contributed by atoms with Gasteiger partial charge in [-0.15, -0.1) is 0 Å². The first-order valence-electron chi connectivity index (χ1n) is 8.32. The average molecular weight is 339 g/mol. The molecule has 0 bridgehead atoms. The van der Waals surface area contributed by atoms with Gasteiger partial charge in [0.05, 0.1) is 17.3 Å². The van der Waals surface area contributed by atoms with E-state index in [9.17, 15) is 9.59 Å². The number of hydrogen-bond acceptors (Lipinski definition) is 4. The summed E-state index contributed by atoms with van der Waals surface area (Å²) in [5.41, 5.74) is 1.78. The molecule has 1 N–H and O–H groups in total. The number of fused-ring (bicyclic) bond motifs is 1. The predicted octanol–water partition coefficient (Wildman–Crippen LogP) is 2.44. The number of rotatable bonds is 6. The Labute approximate surface area is 145 Å². The third-order valence-electron chi connectivity index (χ3n) is 4.07. The van der Waals surface area contributed by atoms with Crippen molar-refractivity contribution in [2.45, 2.75) is 39.3 Å². The molecule has 1 unspecified atom stereocenters. The lowest BCUT2D eigenvalue weighted by Crippen LogP contribution is -2.35. The van der Waals surface area contributed by atoms with Crippen LogP contribution in [0.25, 0.3) is 11.0 Å². The van der Waals surface area contributed by atoms with E-state index in [1.807, 2.05) is 43.3 Å². The third kappa shape index (κ3) is 3.96. The highest BCUT2D eigenvalue weighted by atomic mass is 16.3. The molecule has 0 radical (unpaired) electrons. The Kier molecular flexibility index (Phi) is 4.97. The van der Waals surface area contributed by atoms with Crippen LogP contribution in [0.5, 0.6) is 0 Å². The Bertz CT molecular complexity index is 929. The highest BCUT2D eigenvalue weighted by Crippen LogP contribution is 2.10. The van der Waals surface area contributed by atoms with Crippen LogP contribution in [-0.2, 0) is 17.8 Å². The van der Waals surface area contributed by atoms with E-state index >= 15 is 0 Å². The van der Waals surface area contributed by atoms with Gasteiger partial charge < -0.3 is 14.3 Å². The van der Waals surface area contributed by atoms with E-state index in [4.69, 9.17) is 4.42 Å². The average Bonchev–Trinajstić information content (AvgIpc) is 3.08. The number of nitrogens with one attached hydrogen (secondary N) is 1. The third-order valence-corrected chi connectivity index (χ3v) is 4.07. The topological polar surface area (TPSA) is 77.1 Å². The van der Waals surface area contributed by atoms with E-state index in [2.05, 4.69) is 10.3 Å². The van der Waals surface area contributed by atoms with Gasteiger partial charge in [0.1, 0.15) is 11.5 Å². The number of amides is 1. The molecule has 0 fully saturated rings. The van der Waals surface area contributed by atoms with Crippen LogP contribution in [0.2, 0.25) is 0 Å². The molecule has 6 nitrogen and oxygen atoms in total. The van der Waals surface area contributed by atoms with Crippen molar-refractivity contribution in [1.29, 1.82) is 0 Å². The fourth-order valence-corrected chi connectivity index (χ4v) is 2.88. The molecule has 1 aromatic carbocycles. The molecule has 3 rings (SSSR count). The molecule has 130 valence electrons. The first-order valence-corrected chi connectivity index (χ1v) is 8.32. The number of benzene rings is 1. The number of aromatic nitrogens is 2. The SMILES string of the molecule is Cc1nc2ccccc2n(CCC(=O)NC(C)Cc2ccco2)c1=O. The van der Waals surface area contributed by atoms with Crippen molar-refractivity contribution in [3.8, 4) is 0 Å². The molecule has 2 aromatic heterocycles. The van der Waals surface area contributed by atoms with Gasteiger partial charge >= 0.3 is 0 Å². The quantitative estimate of drug-likeness (QED) is 0.748. The van der Waals surface area contributed by atoms with Crippen molar-refractivity contribution in [2.75, 3.05) is 0 Å². The first kappa shape index (κ1) is 17.0. The molecular formula is C19H21N3O3. The highest BCUT2D eigenvalue weighted by molar-refractivity contribution is 5.77. The second-order valence-electron chi connectivity index (χ2n) is 6.14. The van der Waals surface area contributed by atoms with E-state index in [1.165, 1.54) is 0 Å². The van der Waals surface area contributed by atoms with E-state index < -0.39 is 0 Å². The van der Waals surface area contributed by atoms with Crippen molar-refractivity contribution < 1.29 is 9.21 Å². The summed E-state index contributed by atoms with van der Waals surface area (Å²) in [7, 11) is 0. The zero-order chi connectivity index (χ0) is 17.8. The van der Waals surface area contributed by atoms with Gasteiger partial charge in [-0.05, 0) is 38.1 Å². The standard InChI is InChI=1S/C19H21N3O3/c1-13(12-15-6-5-11-25-15)20-18(23)9-10-22-17-8-4-3-7-16(17)21-14(2)19(22)24/h3-8,11,13H,9-10,12H2,1-2H3,(H,20,23). The zero-order valence-electron chi connectivity index (χ0n) is 14.4. The second kappa shape index (κ2) is 7.34. The monoisotopic (exact) mass is 339 g/mol. The molecule has 2 heterocycles. The maximum absolute atomic E-state index is 12.4. The Morgan fingerprint density at radius 3 is 2.84 bits per heavy atom. The van der Waals surface area contributed by atoms with E-state index in [0.717, 1.165) is 16.8 Å². The van der Waals surface area contributed by atoms with Crippen LogP contribution in [0.4, 0.5) is 0 Å². The van der Waals surface area contributed by atoms with Crippen molar-refractivity contribution in [1.82, 2.24) is 14.9 Å². The van der Waals surface area contributed by atoms with Gasteiger partial charge in [-0.1, -0.05) is 12.1 Å². The normalized spacial score (nSPS) is 12.2. The van der Waals surface area contributed by atoms with Crippen LogP contribution in [0, 0.1) is 6.92 Å². The first-order chi connectivity index (χ1) is 12.0. The molecule has 0 aliphatic carbocycles. The van der Waals surface area contributed by atoms with Crippen LogP contribution in [0.15, 0.2) is 51.9 Å². The van der Waals surface area contributed by atoms with E-state index in [1.54, 1.807) is 17.8 Å². The van der Waals surface area contributed by atoms with Crippen LogP contribution in [0.1, 0.15) is 24.8 Å². The predicted molar refractivity (Wildman–Crippen MR) is 95.4 cm³/mol. The lowest BCUT2D eigenvalue weighted by Gasteiger charge is -2.14. The van der Waals surface area contributed by atoms with Crippen molar-refractivity contribution in [2.24, 2.45) is 0 Å². The Morgan fingerprint density at radius 1 is 1.28 bits per heavy atom. The lowest BCUT2D eigenvalue weighted by atomic mass is 10.2. The number of carbonyl (C=O) groups is 1. The molecule has 25 heavy (non-hydrogen) atoms. The van der Waals surface area contributed by atoms with Crippen molar-refractivity contribution >= 4 is 16.9 Å². The summed E-state index contributed by atoms with van der Waals surface area (Å²) in [6, 6.07) is 11.1. The van der Waals surface area contributed by atoms with Gasteiger partial charge in [-0.3, -0.25) is 9.59 Å². The zero-order valence-corrected chi connectivity index (χ0v) is 14.4. The Balaban J connectivity index is 1.67. The van der Waals surface area contributed by atoms with Crippen LogP contribution in [-0.4, -0.2) is 21.5 Å². The number of nitrogens with zero attached hydrogens (tertiary/aromatic N) is 2. The van der Waals surface area contributed by atoms with Gasteiger partial charge in [0, 0.05) is 25.4 Å². The number of aryl methyl sites for hydroxylation is 2. The van der Waals surface area contributed by atoms with Crippen molar-refractivity contribution in [3.63, 3.8) is 0 Å². The smallest absolute Gasteiger partial charge is 0.272 e. The molecule has 1 atom stereocenters. The van der Waals surface area contributed by atoms with Gasteiger partial charge in [0.15, 0.2) is 0 Å². The lowest BCUT2D eigenvalue weighted by molar-refractivity contribution is -0.121. The van der Waals surface area contributed by atoms with Gasteiger partial charge in [0.25, 0.3) is 5.56 Å². The summed E-state index contributed by atoms with van der Waals surface area (Å²) in [4.78, 5) is 28.9. The summed E-state index contributed by atoms with van der Waals surface area (Å²) in [6.45, 7) is 3.94. The Morgan fingerprint density at radius 2 is 2.08 bits per heavy atom. The number of para-hydroxylation sites is 2. The van der Waals surface area contributed by atoms with E-state index in [0.29, 0.717) is 18.7 Å². The Hall–Kier alpha value is -2.89. The van der Waals surface area contributed by atoms with Crippen LogP contribution >= 0.6 is 0 Å². The summed E-state index contributed by atoms with van der Waals surface area (Å²) in [6.07, 6.45) is 2.49. The van der Waals surface area contributed by atoms with Crippen LogP contribution in [0.3, 0.4) is 0 Å². The van der Waals surface area contributed by atoms with Gasteiger partial charge in [-0.25, -0.2) is 4.98 Å². The van der Waals surface area contributed by atoms with Gasteiger partial charge in [0.2, 0.25) is 5.91 Å². The number of hydrogen-bond donors (Lipinski definition) is 1. The highest BCUT2D eigenvalue weighted by Gasteiger charge is 2.12. The molecule has 0 spiro atoms. The molecule has 0 saturated carbocycles. The van der Waals surface area contributed by atoms with Crippen molar-refractivity contribution in [3.05, 3.63) is 64.5 Å². The molecule has 0 saturated heterocycles. The molecule has 6 heteroatoms. The fraction of sp³-hybridized carbons (Fsp3) is 0.316. The largest absolute Gasteiger partial charge is 0.469 e. The summed E-state index contributed by atoms with van der Waals surface area (Å²) < 4.78 is 6.91. The second-order valence-corrected chi connectivity index (χ2v) is 6.14. The minimum atomic E-state index is -0.157. The molecule has 0 aliphatic heterocycles. The minimum Gasteiger partial charge on any atom is -0.469 e. The molecule has 1 amide bonds. The minimum absolute atomic E-state index is 0.0358. The summed E-state index contributed by atoms with van der Waals surface area (Å²) in [5.74, 6) is 0.740. The molecular weight excluding hydrogens is 318 g/mol. The maximum Gasteiger partial charge on any atom is 0.272 e. The maximum atomic E-state index is 12.4. The number of carbonyl (C=O) groups excluding carboxylic acids is 1. The summed E-state index contributed by atoms with van der Waals surface area (Å²) >= 11 is 0. The summed E-state index contributed by atoms with van der Waals surface area (Å²) in [5, 5.41) is 2.94.